The molecule has 0 atom stereocenters. The molecule has 0 aromatic rings. The first kappa shape index (κ1) is 28.1. The molecular formula is C29H46O. The van der Waals surface area contributed by atoms with E-state index in [2.05, 4.69) is 101 Å². The number of rotatable bonds is 17. The van der Waals surface area contributed by atoms with Crippen molar-refractivity contribution >= 4 is 5.78 Å². The molecule has 0 aliphatic carbocycles. The van der Waals surface area contributed by atoms with E-state index in [-0.39, 0.29) is 0 Å². The summed E-state index contributed by atoms with van der Waals surface area (Å²) in [5.41, 5.74) is 0.335. The van der Waals surface area contributed by atoms with Crippen LogP contribution in [0.25, 0.3) is 0 Å². The molecule has 0 aliphatic heterocycles. The van der Waals surface area contributed by atoms with Crippen LogP contribution in [0.15, 0.2) is 72.9 Å². The van der Waals surface area contributed by atoms with Gasteiger partial charge in [-0.25, -0.2) is 0 Å². The molecule has 0 fully saturated rings. The maximum absolute atomic E-state index is 11.8. The first-order chi connectivity index (χ1) is 14.5. The predicted molar refractivity (Wildman–Crippen MR) is 136 cm³/mol. The zero-order chi connectivity index (χ0) is 22.3. The van der Waals surface area contributed by atoms with E-state index in [1.165, 1.54) is 0 Å². The van der Waals surface area contributed by atoms with Crippen molar-refractivity contribution in [3.63, 3.8) is 0 Å². The van der Waals surface area contributed by atoms with Crippen molar-refractivity contribution in [2.45, 2.75) is 98.3 Å². The minimum Gasteiger partial charge on any atom is -0.300 e. The van der Waals surface area contributed by atoms with Crippen LogP contribution < -0.4 is 0 Å². The van der Waals surface area contributed by atoms with Crippen LogP contribution >= 0.6 is 0 Å². The topological polar surface area (TPSA) is 17.1 Å². The first-order valence-corrected chi connectivity index (χ1v) is 11.9. The second-order valence-electron chi connectivity index (χ2n) is 8.91. The van der Waals surface area contributed by atoms with Gasteiger partial charge in [0.1, 0.15) is 5.78 Å². The van der Waals surface area contributed by atoms with Gasteiger partial charge in [0.2, 0.25) is 0 Å². The molecule has 0 N–H and O–H groups in total. The fourth-order valence-electron chi connectivity index (χ4n) is 2.82. The van der Waals surface area contributed by atoms with E-state index in [4.69, 9.17) is 0 Å². The smallest absolute Gasteiger partial charge is 0.133 e. The number of carbonyl (C=O) groups is 1. The zero-order valence-corrected chi connectivity index (χ0v) is 20.1. The van der Waals surface area contributed by atoms with Crippen molar-refractivity contribution < 1.29 is 4.79 Å². The summed E-state index contributed by atoms with van der Waals surface area (Å²) >= 11 is 0. The Labute approximate surface area is 187 Å². The lowest BCUT2D eigenvalue weighted by Crippen LogP contribution is -2.06. The van der Waals surface area contributed by atoms with E-state index in [1.807, 2.05) is 0 Å². The third-order valence-corrected chi connectivity index (χ3v) is 4.57. The molecule has 1 nitrogen and oxygen atoms in total. The average molecular weight is 411 g/mol. The largest absolute Gasteiger partial charge is 0.300 e. The minimum absolute atomic E-state index is 0.335. The molecule has 0 unspecified atom stereocenters. The zero-order valence-electron chi connectivity index (χ0n) is 20.1. The summed E-state index contributed by atoms with van der Waals surface area (Å²) in [6.45, 7) is 8.85. The van der Waals surface area contributed by atoms with Gasteiger partial charge in [-0.2, -0.15) is 0 Å². The lowest BCUT2D eigenvalue weighted by molar-refractivity contribution is -0.119. The van der Waals surface area contributed by atoms with Gasteiger partial charge in [-0.15, -0.1) is 0 Å². The Morgan fingerprint density at radius 3 is 1.40 bits per heavy atom. The number of Topliss-reactive ketones (excluding diaryl/α,β-unsaturated/α-hetero) is 1. The number of allylic oxidation sites excluding steroid dienone is 12. The van der Waals surface area contributed by atoms with Crippen molar-refractivity contribution in [1.82, 2.24) is 0 Å². The number of hydrogen-bond acceptors (Lipinski definition) is 1. The first-order valence-electron chi connectivity index (χ1n) is 11.9. The molecule has 0 amide bonds. The molecule has 0 saturated carbocycles. The lowest BCUT2D eigenvalue weighted by atomic mass is 9.89. The van der Waals surface area contributed by atoms with Crippen LogP contribution in [0.1, 0.15) is 98.3 Å². The standard InChI is InChI=1S/C29H46O/c1-5-6-7-8-9-10-11-12-13-14-15-16-17-18-19-20-21-22-23-25-28(30)26-24-27-29(2,3)4/h6-7,9-10,12-13,15-16,18-19,21-22H,5,8,11,14,17,20,23-27H2,1-4H3/b7-6-,10-9-,13-12-,16-15-,19-18-,22-21-. The van der Waals surface area contributed by atoms with Gasteiger partial charge in [-0.1, -0.05) is 101 Å². The summed E-state index contributed by atoms with van der Waals surface area (Å²) in [7, 11) is 0. The van der Waals surface area contributed by atoms with Gasteiger partial charge in [0.15, 0.2) is 0 Å². The average Bonchev–Trinajstić information content (AvgIpc) is 2.68. The van der Waals surface area contributed by atoms with Crippen LogP contribution in [-0.4, -0.2) is 5.78 Å². The minimum atomic E-state index is 0.335. The molecule has 0 rings (SSSR count). The molecule has 0 aromatic carbocycles. The van der Waals surface area contributed by atoms with Gasteiger partial charge < -0.3 is 0 Å². The third kappa shape index (κ3) is 24.1. The third-order valence-electron chi connectivity index (χ3n) is 4.57. The van der Waals surface area contributed by atoms with Crippen molar-refractivity contribution in [3.05, 3.63) is 72.9 Å². The van der Waals surface area contributed by atoms with Crippen LogP contribution in [0.3, 0.4) is 0 Å². The summed E-state index contributed by atoms with van der Waals surface area (Å²) in [4.78, 5) is 11.8. The predicted octanol–water partition coefficient (Wildman–Crippen LogP) is 9.25. The van der Waals surface area contributed by atoms with E-state index in [1.54, 1.807) is 0 Å². The van der Waals surface area contributed by atoms with Gasteiger partial charge in [-0.05, 0) is 63.2 Å². The number of ketones is 1. The fraction of sp³-hybridized carbons (Fsp3) is 0.552. The van der Waals surface area contributed by atoms with E-state index < -0.39 is 0 Å². The van der Waals surface area contributed by atoms with E-state index >= 15 is 0 Å². The SMILES string of the molecule is CC/C=C\C/C=C\C/C=C\C/C=C\C/C=C\C/C=C\CCC(=O)CCCC(C)(C)C. The Morgan fingerprint density at radius 1 is 0.600 bits per heavy atom. The molecule has 0 radical (unpaired) electrons. The highest BCUT2D eigenvalue weighted by Gasteiger charge is 2.10. The van der Waals surface area contributed by atoms with E-state index in [0.29, 0.717) is 17.6 Å². The van der Waals surface area contributed by atoms with Crippen LogP contribution in [0.5, 0.6) is 0 Å². The summed E-state index contributed by atoms with van der Waals surface area (Å²) in [6.07, 6.45) is 37.0. The normalized spacial score (nSPS) is 13.5. The Kier molecular flexibility index (Phi) is 19.1. The lowest BCUT2D eigenvalue weighted by Gasteiger charge is -2.17. The summed E-state index contributed by atoms with van der Waals surface area (Å²) in [6, 6.07) is 0. The highest BCUT2D eigenvalue weighted by atomic mass is 16.1. The van der Waals surface area contributed by atoms with Crippen LogP contribution in [0.2, 0.25) is 0 Å². The van der Waals surface area contributed by atoms with Crippen LogP contribution in [0, 0.1) is 5.41 Å². The highest BCUT2D eigenvalue weighted by molar-refractivity contribution is 5.78. The number of carbonyl (C=O) groups excluding carboxylic acids is 1. The van der Waals surface area contributed by atoms with Crippen molar-refractivity contribution in [2.24, 2.45) is 5.41 Å². The Hall–Kier alpha value is -1.89. The summed E-state index contributed by atoms with van der Waals surface area (Å²) < 4.78 is 0. The second-order valence-corrected chi connectivity index (χ2v) is 8.91. The molecule has 168 valence electrons. The molecular weight excluding hydrogens is 364 g/mol. The van der Waals surface area contributed by atoms with E-state index in [9.17, 15) is 4.79 Å². The van der Waals surface area contributed by atoms with Gasteiger partial charge in [0.25, 0.3) is 0 Å². The molecule has 0 saturated heterocycles. The monoisotopic (exact) mass is 410 g/mol. The van der Waals surface area contributed by atoms with Gasteiger partial charge >= 0.3 is 0 Å². The quantitative estimate of drug-likeness (QED) is 0.218. The van der Waals surface area contributed by atoms with Gasteiger partial charge in [0.05, 0.1) is 0 Å². The Balaban J connectivity index is 3.60. The van der Waals surface area contributed by atoms with Crippen LogP contribution in [-0.2, 0) is 4.79 Å². The van der Waals surface area contributed by atoms with Crippen molar-refractivity contribution in [1.29, 1.82) is 0 Å². The summed E-state index contributed by atoms with van der Waals surface area (Å²) in [5.74, 6) is 0.402. The van der Waals surface area contributed by atoms with Gasteiger partial charge in [-0.3, -0.25) is 4.79 Å². The van der Waals surface area contributed by atoms with Crippen LogP contribution in [0.4, 0.5) is 0 Å². The van der Waals surface area contributed by atoms with Crippen molar-refractivity contribution in [3.8, 4) is 0 Å². The molecule has 30 heavy (non-hydrogen) atoms. The molecule has 0 bridgehead atoms. The molecule has 1 heteroatoms. The molecule has 0 spiro atoms. The Morgan fingerprint density at radius 2 is 1.00 bits per heavy atom. The Bertz CT molecular complexity index is 576. The van der Waals surface area contributed by atoms with Crippen molar-refractivity contribution in [2.75, 3.05) is 0 Å². The maximum atomic E-state index is 11.8. The van der Waals surface area contributed by atoms with Gasteiger partial charge in [0, 0.05) is 12.8 Å². The fourth-order valence-corrected chi connectivity index (χ4v) is 2.82. The highest BCUT2D eigenvalue weighted by Crippen LogP contribution is 2.21. The number of hydrogen-bond donors (Lipinski definition) is 0. The summed E-state index contributed by atoms with van der Waals surface area (Å²) in [5, 5.41) is 0. The second kappa shape index (κ2) is 20.4. The molecule has 0 aliphatic rings. The molecule has 0 heterocycles. The van der Waals surface area contributed by atoms with E-state index in [0.717, 1.165) is 64.2 Å². The maximum Gasteiger partial charge on any atom is 0.133 e. The molecule has 0 aromatic heterocycles.